The highest BCUT2D eigenvalue weighted by Gasteiger charge is 1.95. The first-order valence-electron chi connectivity index (χ1n) is 3.72. The average Bonchev–Trinajstić information content (AvgIpc) is 2.10. The lowest BCUT2D eigenvalue weighted by molar-refractivity contribution is 0.966. The zero-order chi connectivity index (χ0) is 9.40. The van der Waals surface area contributed by atoms with Crippen molar-refractivity contribution in [1.82, 2.24) is 0 Å². The van der Waals surface area contributed by atoms with E-state index in [9.17, 15) is 0 Å². The fourth-order valence-electron chi connectivity index (χ4n) is 0.532. The van der Waals surface area contributed by atoms with Gasteiger partial charge in [-0.3, -0.25) is 9.98 Å². The maximum Gasteiger partial charge on any atom is 0.161 e. The standard InChI is InChI=1S/C6H16N6/c7-1-3-11-5(9)6(10)12-4-2-8/h1-4,7-8H2,(H2,9,11)(H2,10,12). The highest BCUT2D eigenvalue weighted by Crippen LogP contribution is 1.74. The number of aliphatic imine (C=N–C) groups is 2. The number of rotatable bonds is 4. The van der Waals surface area contributed by atoms with Crippen LogP contribution >= 0.6 is 0 Å². The van der Waals surface area contributed by atoms with Crippen LogP contribution in [0.5, 0.6) is 0 Å². The summed E-state index contributed by atoms with van der Waals surface area (Å²) in [4.78, 5) is 7.74. The maximum atomic E-state index is 5.44. The quantitative estimate of drug-likeness (QED) is 0.278. The molecule has 12 heavy (non-hydrogen) atoms. The van der Waals surface area contributed by atoms with Crippen LogP contribution in [0, 0.1) is 0 Å². The second kappa shape index (κ2) is 6.56. The van der Waals surface area contributed by atoms with E-state index >= 15 is 0 Å². The third-order valence-electron chi connectivity index (χ3n) is 1.08. The topological polar surface area (TPSA) is 129 Å². The van der Waals surface area contributed by atoms with Crippen LogP contribution in [0.15, 0.2) is 9.98 Å². The van der Waals surface area contributed by atoms with Gasteiger partial charge in [-0.15, -0.1) is 0 Å². The van der Waals surface area contributed by atoms with Crippen LogP contribution in [0.3, 0.4) is 0 Å². The Morgan fingerprint density at radius 1 is 0.833 bits per heavy atom. The number of amidine groups is 2. The zero-order valence-electron chi connectivity index (χ0n) is 7.03. The van der Waals surface area contributed by atoms with Gasteiger partial charge in [0.2, 0.25) is 0 Å². The van der Waals surface area contributed by atoms with Gasteiger partial charge in [0.1, 0.15) is 0 Å². The lowest BCUT2D eigenvalue weighted by atomic mass is 10.5. The van der Waals surface area contributed by atoms with Crippen LogP contribution in [0.1, 0.15) is 0 Å². The number of hydrogen-bond donors (Lipinski definition) is 4. The molecular weight excluding hydrogens is 156 g/mol. The van der Waals surface area contributed by atoms with E-state index in [2.05, 4.69) is 9.98 Å². The highest BCUT2D eigenvalue weighted by molar-refractivity contribution is 6.39. The summed E-state index contributed by atoms with van der Waals surface area (Å²) in [5, 5.41) is 0. The van der Waals surface area contributed by atoms with Crippen molar-refractivity contribution in [1.29, 1.82) is 0 Å². The first kappa shape index (κ1) is 10.9. The molecule has 6 nitrogen and oxygen atoms in total. The highest BCUT2D eigenvalue weighted by atomic mass is 15.0. The predicted octanol–water partition coefficient (Wildman–Crippen LogP) is -2.38. The Balaban J connectivity index is 3.98. The molecule has 70 valence electrons. The molecule has 0 heterocycles. The lowest BCUT2D eigenvalue weighted by Crippen LogP contribution is -2.32. The molecule has 0 aliphatic rings. The van der Waals surface area contributed by atoms with Gasteiger partial charge < -0.3 is 22.9 Å². The van der Waals surface area contributed by atoms with Crippen LogP contribution < -0.4 is 22.9 Å². The third-order valence-corrected chi connectivity index (χ3v) is 1.08. The molecule has 0 aromatic heterocycles. The molecule has 0 radical (unpaired) electrons. The Morgan fingerprint density at radius 3 is 1.42 bits per heavy atom. The Kier molecular flexibility index (Phi) is 5.94. The van der Waals surface area contributed by atoms with E-state index in [-0.39, 0.29) is 11.7 Å². The van der Waals surface area contributed by atoms with Crippen LogP contribution in [0.4, 0.5) is 0 Å². The minimum Gasteiger partial charge on any atom is -0.381 e. The van der Waals surface area contributed by atoms with E-state index in [0.717, 1.165) is 0 Å². The summed E-state index contributed by atoms with van der Waals surface area (Å²) in [5.41, 5.74) is 21.3. The van der Waals surface area contributed by atoms with E-state index in [1.54, 1.807) is 0 Å². The molecule has 0 rings (SSSR count). The number of hydrogen-bond acceptors (Lipinski definition) is 4. The minimum absolute atomic E-state index is 0.230. The largest absolute Gasteiger partial charge is 0.381 e. The van der Waals surface area contributed by atoms with Crippen molar-refractivity contribution in [3.8, 4) is 0 Å². The van der Waals surface area contributed by atoms with Crippen molar-refractivity contribution in [3.63, 3.8) is 0 Å². The molecule has 0 aliphatic heterocycles. The summed E-state index contributed by atoms with van der Waals surface area (Å²) in [6, 6.07) is 0. The second-order valence-electron chi connectivity index (χ2n) is 2.11. The molecule has 0 unspecified atom stereocenters. The van der Waals surface area contributed by atoms with Gasteiger partial charge in [-0.05, 0) is 0 Å². The molecule has 0 fully saturated rings. The number of nitrogens with two attached hydrogens (primary N) is 4. The van der Waals surface area contributed by atoms with Crippen molar-refractivity contribution in [3.05, 3.63) is 0 Å². The summed E-state index contributed by atoms with van der Waals surface area (Å²) in [6.07, 6.45) is 0. The summed E-state index contributed by atoms with van der Waals surface area (Å²) < 4.78 is 0. The molecule has 0 saturated heterocycles. The summed E-state index contributed by atoms with van der Waals surface area (Å²) in [7, 11) is 0. The van der Waals surface area contributed by atoms with E-state index in [1.165, 1.54) is 0 Å². The molecule has 0 aliphatic carbocycles. The minimum atomic E-state index is 0.230. The fraction of sp³-hybridized carbons (Fsp3) is 0.667. The smallest absolute Gasteiger partial charge is 0.161 e. The molecule has 0 atom stereocenters. The first-order valence-corrected chi connectivity index (χ1v) is 3.72. The molecule has 0 aromatic carbocycles. The van der Waals surface area contributed by atoms with Crippen molar-refractivity contribution in [2.24, 2.45) is 32.9 Å². The molecule has 6 heteroatoms. The molecule has 0 amide bonds. The molecule has 0 aromatic rings. The van der Waals surface area contributed by atoms with Gasteiger partial charge in [-0.2, -0.15) is 0 Å². The monoisotopic (exact) mass is 172 g/mol. The lowest BCUT2D eigenvalue weighted by Gasteiger charge is -1.98. The fourth-order valence-corrected chi connectivity index (χ4v) is 0.532. The van der Waals surface area contributed by atoms with Crippen molar-refractivity contribution in [2.75, 3.05) is 26.2 Å². The Bertz CT molecular complexity index is 153. The summed E-state index contributed by atoms with van der Waals surface area (Å²) >= 11 is 0. The molecule has 0 spiro atoms. The Labute approximate surface area is 71.7 Å². The first-order chi connectivity index (χ1) is 5.72. The van der Waals surface area contributed by atoms with Crippen LogP contribution in [0.25, 0.3) is 0 Å². The van der Waals surface area contributed by atoms with Gasteiger partial charge in [-0.1, -0.05) is 0 Å². The molecule has 8 N–H and O–H groups in total. The van der Waals surface area contributed by atoms with E-state index < -0.39 is 0 Å². The van der Waals surface area contributed by atoms with Gasteiger partial charge in [-0.25, -0.2) is 0 Å². The Morgan fingerprint density at radius 2 is 1.17 bits per heavy atom. The maximum absolute atomic E-state index is 5.44. The molecule has 0 saturated carbocycles. The van der Waals surface area contributed by atoms with E-state index in [0.29, 0.717) is 26.2 Å². The summed E-state index contributed by atoms with van der Waals surface area (Å²) in [5.74, 6) is 0.461. The van der Waals surface area contributed by atoms with Gasteiger partial charge in [0.15, 0.2) is 11.7 Å². The van der Waals surface area contributed by atoms with Gasteiger partial charge in [0.25, 0.3) is 0 Å². The predicted molar refractivity (Wildman–Crippen MR) is 51.1 cm³/mol. The van der Waals surface area contributed by atoms with E-state index in [1.807, 2.05) is 0 Å². The Hall–Kier alpha value is -1.14. The zero-order valence-corrected chi connectivity index (χ0v) is 7.03. The van der Waals surface area contributed by atoms with Gasteiger partial charge in [0, 0.05) is 13.1 Å². The van der Waals surface area contributed by atoms with Crippen molar-refractivity contribution in [2.45, 2.75) is 0 Å². The molecular formula is C6H16N6. The van der Waals surface area contributed by atoms with Gasteiger partial charge >= 0.3 is 0 Å². The average molecular weight is 172 g/mol. The van der Waals surface area contributed by atoms with Gasteiger partial charge in [0.05, 0.1) is 13.1 Å². The van der Waals surface area contributed by atoms with Crippen LogP contribution in [-0.4, -0.2) is 37.9 Å². The second-order valence-corrected chi connectivity index (χ2v) is 2.11. The van der Waals surface area contributed by atoms with Crippen molar-refractivity contribution < 1.29 is 0 Å². The van der Waals surface area contributed by atoms with E-state index in [4.69, 9.17) is 22.9 Å². The number of nitrogens with zero attached hydrogens (tertiary/aromatic N) is 2. The normalized spacial score (nSPS) is 13.5. The van der Waals surface area contributed by atoms with Crippen molar-refractivity contribution >= 4 is 11.7 Å². The van der Waals surface area contributed by atoms with Crippen LogP contribution in [0.2, 0.25) is 0 Å². The molecule has 0 bridgehead atoms. The summed E-state index contributed by atoms with van der Waals surface area (Å²) in [6.45, 7) is 1.82. The SMILES string of the molecule is NCCN=C(N)C(N)=NCCN. The van der Waals surface area contributed by atoms with Crippen LogP contribution in [-0.2, 0) is 0 Å². The third kappa shape index (κ3) is 4.64.